The molecular weight excluding hydrogens is 291 g/mol. The molecule has 0 spiro atoms. The molecule has 2 N–H and O–H groups in total. The highest BCUT2D eigenvalue weighted by Gasteiger charge is 2.30. The predicted molar refractivity (Wildman–Crippen MR) is 91.9 cm³/mol. The van der Waals surface area contributed by atoms with Crippen molar-refractivity contribution in [3.05, 3.63) is 65.5 Å². The van der Waals surface area contributed by atoms with Crippen molar-refractivity contribution < 1.29 is 9.18 Å². The lowest BCUT2D eigenvalue weighted by Gasteiger charge is -2.24. The Morgan fingerprint density at radius 2 is 1.87 bits per heavy atom. The van der Waals surface area contributed by atoms with E-state index in [0.717, 1.165) is 24.3 Å². The predicted octanol–water partition coefficient (Wildman–Crippen LogP) is 3.85. The van der Waals surface area contributed by atoms with E-state index in [9.17, 15) is 9.18 Å². The van der Waals surface area contributed by atoms with Gasteiger partial charge in [-0.15, -0.1) is 0 Å². The number of anilines is 1. The fourth-order valence-electron chi connectivity index (χ4n) is 2.32. The van der Waals surface area contributed by atoms with Crippen molar-refractivity contribution in [3.63, 3.8) is 0 Å². The first-order chi connectivity index (χ1) is 10.9. The lowest BCUT2D eigenvalue weighted by atomic mass is 9.83. The Kier molecular flexibility index (Phi) is 5.50. The van der Waals surface area contributed by atoms with Crippen molar-refractivity contribution in [1.29, 1.82) is 0 Å². The number of hydrogen-bond donors (Lipinski definition) is 2. The lowest BCUT2D eigenvalue weighted by molar-refractivity contribution is -0.120. The molecule has 2 rings (SSSR count). The average molecular weight is 314 g/mol. The van der Waals surface area contributed by atoms with E-state index in [2.05, 4.69) is 10.6 Å². The van der Waals surface area contributed by atoms with Gasteiger partial charge in [0.1, 0.15) is 5.82 Å². The molecule has 0 aliphatic rings. The van der Waals surface area contributed by atoms with Crippen LogP contribution in [0.3, 0.4) is 0 Å². The maximum absolute atomic E-state index is 13.4. The Morgan fingerprint density at radius 3 is 2.57 bits per heavy atom. The molecule has 0 radical (unpaired) electrons. The number of nitrogens with one attached hydrogen (secondary N) is 2. The number of carbonyl (C=O) groups excluding carboxylic acids is 1. The highest BCUT2D eigenvalue weighted by Crippen LogP contribution is 2.26. The van der Waals surface area contributed by atoms with Gasteiger partial charge >= 0.3 is 0 Å². The molecule has 0 fully saturated rings. The maximum atomic E-state index is 13.4. The van der Waals surface area contributed by atoms with Crippen molar-refractivity contribution >= 4 is 11.6 Å². The third-order valence-corrected chi connectivity index (χ3v) is 3.88. The van der Waals surface area contributed by atoms with E-state index >= 15 is 0 Å². The number of amides is 1. The van der Waals surface area contributed by atoms with Gasteiger partial charge in [0.15, 0.2) is 0 Å². The van der Waals surface area contributed by atoms with Gasteiger partial charge in [0.2, 0.25) is 5.91 Å². The van der Waals surface area contributed by atoms with Crippen LogP contribution in [0.2, 0.25) is 0 Å². The molecule has 0 bridgehead atoms. The second-order valence-corrected chi connectivity index (χ2v) is 6.07. The van der Waals surface area contributed by atoms with Crippen LogP contribution in [0, 0.1) is 5.82 Å². The summed E-state index contributed by atoms with van der Waals surface area (Å²) in [6, 6.07) is 13.9. The third kappa shape index (κ3) is 4.39. The number of hydrogen-bond acceptors (Lipinski definition) is 2. The number of carbonyl (C=O) groups is 1. The third-order valence-electron chi connectivity index (χ3n) is 3.88. The molecule has 122 valence electrons. The smallest absolute Gasteiger partial charge is 0.234 e. The van der Waals surface area contributed by atoms with Crippen LogP contribution in [-0.2, 0) is 16.8 Å². The molecule has 4 heteroatoms. The van der Waals surface area contributed by atoms with Gasteiger partial charge in [-0.25, -0.2) is 4.39 Å². The molecule has 0 atom stereocenters. The monoisotopic (exact) mass is 314 g/mol. The van der Waals surface area contributed by atoms with Gasteiger partial charge in [0.05, 0.1) is 5.41 Å². The van der Waals surface area contributed by atoms with E-state index in [1.54, 1.807) is 26.0 Å². The molecule has 0 heterocycles. The molecule has 23 heavy (non-hydrogen) atoms. The number of rotatable bonds is 6. The molecule has 2 aromatic rings. The van der Waals surface area contributed by atoms with Crippen LogP contribution < -0.4 is 10.6 Å². The molecule has 3 nitrogen and oxygen atoms in total. The Bertz CT molecular complexity index is 683. The number of benzene rings is 2. The van der Waals surface area contributed by atoms with Crippen LogP contribution in [0.25, 0.3) is 0 Å². The summed E-state index contributed by atoms with van der Waals surface area (Å²) in [6.07, 6.45) is 0. The first-order valence-electron chi connectivity index (χ1n) is 7.80. The van der Waals surface area contributed by atoms with Crippen LogP contribution >= 0.6 is 0 Å². The van der Waals surface area contributed by atoms with Gasteiger partial charge in [0.25, 0.3) is 0 Å². The topological polar surface area (TPSA) is 41.1 Å². The van der Waals surface area contributed by atoms with E-state index < -0.39 is 5.41 Å². The standard InChI is InChI=1S/C19H23FN2O/c1-4-21-13-14-7-5-10-17(11-14)22-18(23)19(2,3)15-8-6-9-16(20)12-15/h5-12,21H,4,13H2,1-3H3,(H,22,23). The lowest BCUT2D eigenvalue weighted by Crippen LogP contribution is -2.34. The van der Waals surface area contributed by atoms with Gasteiger partial charge in [-0.05, 0) is 55.8 Å². The molecule has 1 amide bonds. The average Bonchev–Trinajstić information content (AvgIpc) is 2.53. The summed E-state index contributed by atoms with van der Waals surface area (Å²) in [7, 11) is 0. The molecule has 0 saturated heterocycles. The van der Waals surface area contributed by atoms with Crippen molar-refractivity contribution in [2.45, 2.75) is 32.7 Å². The zero-order valence-corrected chi connectivity index (χ0v) is 13.8. The van der Waals surface area contributed by atoms with Crippen LogP contribution in [0.15, 0.2) is 48.5 Å². The molecular formula is C19H23FN2O. The summed E-state index contributed by atoms with van der Waals surface area (Å²) in [5.74, 6) is -0.500. The zero-order chi connectivity index (χ0) is 16.9. The van der Waals surface area contributed by atoms with Crippen LogP contribution in [0.4, 0.5) is 10.1 Å². The molecule has 0 aromatic heterocycles. The fraction of sp³-hybridized carbons (Fsp3) is 0.316. The molecule has 0 saturated carbocycles. The first kappa shape index (κ1) is 17.2. The van der Waals surface area contributed by atoms with E-state index in [1.807, 2.05) is 31.2 Å². The van der Waals surface area contributed by atoms with Crippen LogP contribution in [0.5, 0.6) is 0 Å². The molecule has 0 aliphatic carbocycles. The summed E-state index contributed by atoms with van der Waals surface area (Å²) in [5, 5.41) is 6.18. The van der Waals surface area contributed by atoms with Crippen molar-refractivity contribution in [2.75, 3.05) is 11.9 Å². The Labute approximate surface area is 136 Å². The zero-order valence-electron chi connectivity index (χ0n) is 13.8. The summed E-state index contributed by atoms with van der Waals surface area (Å²) >= 11 is 0. The van der Waals surface area contributed by atoms with Gasteiger partial charge in [-0.3, -0.25) is 4.79 Å². The van der Waals surface area contributed by atoms with E-state index in [-0.39, 0.29) is 11.7 Å². The van der Waals surface area contributed by atoms with E-state index in [0.29, 0.717) is 5.56 Å². The van der Waals surface area contributed by atoms with Gasteiger partial charge in [-0.1, -0.05) is 31.2 Å². The highest BCUT2D eigenvalue weighted by atomic mass is 19.1. The fourth-order valence-corrected chi connectivity index (χ4v) is 2.32. The Balaban J connectivity index is 2.14. The van der Waals surface area contributed by atoms with Crippen LogP contribution in [-0.4, -0.2) is 12.5 Å². The second kappa shape index (κ2) is 7.38. The van der Waals surface area contributed by atoms with Crippen molar-refractivity contribution in [2.24, 2.45) is 0 Å². The Hall–Kier alpha value is -2.20. The van der Waals surface area contributed by atoms with E-state index in [4.69, 9.17) is 0 Å². The van der Waals surface area contributed by atoms with Gasteiger partial charge in [-0.2, -0.15) is 0 Å². The Morgan fingerprint density at radius 1 is 1.13 bits per heavy atom. The first-order valence-corrected chi connectivity index (χ1v) is 7.80. The summed E-state index contributed by atoms with van der Waals surface area (Å²) < 4.78 is 13.4. The van der Waals surface area contributed by atoms with Gasteiger partial charge < -0.3 is 10.6 Å². The maximum Gasteiger partial charge on any atom is 0.234 e. The quantitative estimate of drug-likeness (QED) is 0.850. The molecule has 0 aliphatic heterocycles. The summed E-state index contributed by atoms with van der Waals surface area (Å²) in [6.45, 7) is 7.28. The largest absolute Gasteiger partial charge is 0.325 e. The minimum atomic E-state index is -0.820. The minimum Gasteiger partial charge on any atom is -0.325 e. The number of halogens is 1. The SMILES string of the molecule is CCNCc1cccc(NC(=O)C(C)(C)c2cccc(F)c2)c1. The van der Waals surface area contributed by atoms with Gasteiger partial charge in [0, 0.05) is 12.2 Å². The minimum absolute atomic E-state index is 0.163. The summed E-state index contributed by atoms with van der Waals surface area (Å²) in [4.78, 5) is 12.6. The molecule has 2 aromatic carbocycles. The van der Waals surface area contributed by atoms with E-state index in [1.165, 1.54) is 12.1 Å². The molecule has 0 unspecified atom stereocenters. The van der Waals surface area contributed by atoms with Crippen molar-refractivity contribution in [3.8, 4) is 0 Å². The van der Waals surface area contributed by atoms with Crippen molar-refractivity contribution in [1.82, 2.24) is 5.32 Å². The second-order valence-electron chi connectivity index (χ2n) is 6.07. The normalized spacial score (nSPS) is 11.3. The van der Waals surface area contributed by atoms with Crippen LogP contribution in [0.1, 0.15) is 31.9 Å². The highest BCUT2D eigenvalue weighted by molar-refractivity contribution is 5.98. The summed E-state index contributed by atoms with van der Waals surface area (Å²) in [5.41, 5.74) is 1.68.